The molecule has 3 N–H and O–H groups in total. The molecule has 3 rings (SSSR count). The van der Waals surface area contributed by atoms with Crippen molar-refractivity contribution in [2.75, 3.05) is 18.7 Å². The fourth-order valence-electron chi connectivity index (χ4n) is 2.71. The van der Waals surface area contributed by atoms with Gasteiger partial charge in [-0.3, -0.25) is 9.59 Å². The predicted molar refractivity (Wildman–Crippen MR) is 92.8 cm³/mol. The van der Waals surface area contributed by atoms with Crippen molar-refractivity contribution in [3.63, 3.8) is 0 Å². The number of fused-ring (bicyclic) bond motifs is 1. The zero-order valence-electron chi connectivity index (χ0n) is 14.2. The summed E-state index contributed by atoms with van der Waals surface area (Å²) in [5.74, 6) is 0.730. The van der Waals surface area contributed by atoms with Gasteiger partial charge in [0.15, 0.2) is 23.8 Å². The van der Waals surface area contributed by atoms with Crippen molar-refractivity contribution < 1.29 is 24.4 Å². The number of ether oxygens (including phenoxy) is 2. The van der Waals surface area contributed by atoms with Crippen LogP contribution in [0.3, 0.4) is 0 Å². The lowest BCUT2D eigenvalue weighted by molar-refractivity contribution is -0.682. The Morgan fingerprint density at radius 2 is 1.84 bits per heavy atom. The van der Waals surface area contributed by atoms with E-state index in [4.69, 9.17) is 9.47 Å². The maximum Gasteiger partial charge on any atom is 0.279 e. The lowest BCUT2D eigenvalue weighted by Crippen LogP contribution is -2.86. The number of benzene rings is 2. The number of amides is 1. The quantitative estimate of drug-likeness (QED) is 0.786. The predicted octanol–water partition coefficient (Wildman–Crippen LogP) is 1.88. The fourth-order valence-corrected chi connectivity index (χ4v) is 2.71. The highest BCUT2D eigenvalue weighted by Gasteiger charge is 2.21. The maximum absolute atomic E-state index is 12.3. The van der Waals surface area contributed by atoms with Gasteiger partial charge in [0.25, 0.3) is 5.91 Å². The molecule has 2 aromatic carbocycles. The molecule has 0 bridgehead atoms. The summed E-state index contributed by atoms with van der Waals surface area (Å²) < 4.78 is 10.6. The van der Waals surface area contributed by atoms with Gasteiger partial charge in [0.1, 0.15) is 6.04 Å². The van der Waals surface area contributed by atoms with E-state index < -0.39 is 0 Å². The van der Waals surface area contributed by atoms with Crippen LogP contribution in [0.2, 0.25) is 0 Å². The molecule has 1 aliphatic heterocycles. The number of carbonyl (C=O) groups is 2. The van der Waals surface area contributed by atoms with E-state index >= 15 is 0 Å². The molecular formula is C19H21N2O4+. The SMILES string of the molecule is CC(=O)c1cc2c(cc1NC(=O)C[NH2+][C@H](C)c1ccccc1)OCO2. The van der Waals surface area contributed by atoms with Crippen molar-refractivity contribution in [2.24, 2.45) is 0 Å². The van der Waals surface area contributed by atoms with Gasteiger partial charge in [-0.15, -0.1) is 0 Å². The standard InChI is InChI=1S/C19H20N2O4/c1-12(14-6-4-3-5-7-14)20-10-19(23)21-16-9-18-17(24-11-25-18)8-15(16)13(2)22/h3-9,12,20H,10-11H2,1-2H3,(H,21,23)/p+1/t12-/m1/s1. The number of nitrogens with one attached hydrogen (secondary N) is 1. The monoisotopic (exact) mass is 341 g/mol. The molecule has 0 unspecified atom stereocenters. The first-order chi connectivity index (χ1) is 12.0. The Balaban J connectivity index is 1.66. The van der Waals surface area contributed by atoms with Crippen molar-refractivity contribution in [3.05, 3.63) is 53.6 Å². The zero-order chi connectivity index (χ0) is 17.8. The van der Waals surface area contributed by atoms with E-state index in [0.29, 0.717) is 22.7 Å². The van der Waals surface area contributed by atoms with Gasteiger partial charge >= 0.3 is 0 Å². The van der Waals surface area contributed by atoms with Crippen molar-refractivity contribution in [1.29, 1.82) is 0 Å². The Hall–Kier alpha value is -2.86. The summed E-state index contributed by atoms with van der Waals surface area (Å²) >= 11 is 0. The Bertz CT molecular complexity index is 790. The van der Waals surface area contributed by atoms with Crippen molar-refractivity contribution in [2.45, 2.75) is 19.9 Å². The highest BCUT2D eigenvalue weighted by atomic mass is 16.7. The van der Waals surface area contributed by atoms with Gasteiger partial charge in [-0.2, -0.15) is 0 Å². The second kappa shape index (κ2) is 7.36. The second-order valence-electron chi connectivity index (χ2n) is 5.99. The molecular weight excluding hydrogens is 320 g/mol. The molecule has 1 heterocycles. The third-order valence-corrected chi connectivity index (χ3v) is 4.15. The van der Waals surface area contributed by atoms with Gasteiger partial charge < -0.3 is 20.1 Å². The molecule has 6 nitrogen and oxygen atoms in total. The van der Waals surface area contributed by atoms with E-state index in [-0.39, 0.29) is 31.1 Å². The van der Waals surface area contributed by atoms with E-state index in [1.54, 1.807) is 12.1 Å². The minimum Gasteiger partial charge on any atom is -0.454 e. The van der Waals surface area contributed by atoms with Crippen LogP contribution in [0.15, 0.2) is 42.5 Å². The van der Waals surface area contributed by atoms with Crippen LogP contribution in [0.1, 0.15) is 35.8 Å². The molecule has 0 radical (unpaired) electrons. The number of nitrogens with two attached hydrogens (primary N) is 1. The number of carbonyl (C=O) groups excluding carboxylic acids is 2. The van der Waals surface area contributed by atoms with Crippen LogP contribution < -0.4 is 20.1 Å². The van der Waals surface area contributed by atoms with Gasteiger partial charge in [-0.05, 0) is 19.9 Å². The summed E-state index contributed by atoms with van der Waals surface area (Å²) in [6.45, 7) is 3.87. The molecule has 25 heavy (non-hydrogen) atoms. The van der Waals surface area contributed by atoms with E-state index in [1.807, 2.05) is 42.6 Å². The summed E-state index contributed by atoms with van der Waals surface area (Å²) in [6, 6.07) is 13.4. The van der Waals surface area contributed by atoms with Crippen LogP contribution in [0.4, 0.5) is 5.69 Å². The number of hydrogen-bond acceptors (Lipinski definition) is 4. The molecule has 1 aliphatic rings. The summed E-state index contributed by atoms with van der Waals surface area (Å²) in [5.41, 5.74) is 2.01. The highest BCUT2D eigenvalue weighted by Crippen LogP contribution is 2.37. The smallest absolute Gasteiger partial charge is 0.279 e. The average molecular weight is 341 g/mol. The molecule has 0 fully saturated rings. The van der Waals surface area contributed by atoms with Gasteiger partial charge in [0.2, 0.25) is 6.79 Å². The molecule has 0 aliphatic carbocycles. The Morgan fingerprint density at radius 3 is 2.52 bits per heavy atom. The molecule has 0 aromatic heterocycles. The van der Waals surface area contributed by atoms with Gasteiger partial charge in [-0.1, -0.05) is 30.3 Å². The molecule has 0 saturated carbocycles. The number of ketones is 1. The van der Waals surface area contributed by atoms with Gasteiger partial charge in [0.05, 0.1) is 5.69 Å². The van der Waals surface area contributed by atoms with Crippen molar-refractivity contribution in [1.82, 2.24) is 0 Å². The normalized spacial score (nSPS) is 13.4. The van der Waals surface area contributed by atoms with Gasteiger partial charge in [0, 0.05) is 17.2 Å². The van der Waals surface area contributed by atoms with Gasteiger partial charge in [-0.25, -0.2) is 0 Å². The van der Waals surface area contributed by atoms with E-state index in [9.17, 15) is 9.59 Å². The Kier molecular flexibility index (Phi) is 5.00. The van der Waals surface area contributed by atoms with Crippen LogP contribution in [0.25, 0.3) is 0 Å². The molecule has 6 heteroatoms. The molecule has 1 atom stereocenters. The topological polar surface area (TPSA) is 81.2 Å². The van der Waals surface area contributed by atoms with Crippen LogP contribution in [-0.2, 0) is 4.79 Å². The Labute approximate surface area is 146 Å². The molecule has 0 saturated heterocycles. The lowest BCUT2D eigenvalue weighted by atomic mass is 10.1. The first kappa shape index (κ1) is 17.0. The summed E-state index contributed by atoms with van der Waals surface area (Å²) in [6.07, 6.45) is 0. The average Bonchev–Trinajstić information content (AvgIpc) is 3.07. The number of anilines is 1. The largest absolute Gasteiger partial charge is 0.454 e. The van der Waals surface area contributed by atoms with E-state index in [1.165, 1.54) is 6.92 Å². The summed E-state index contributed by atoms with van der Waals surface area (Å²) in [7, 11) is 0. The fraction of sp³-hybridized carbons (Fsp3) is 0.263. The van der Waals surface area contributed by atoms with Crippen molar-refractivity contribution >= 4 is 17.4 Å². The van der Waals surface area contributed by atoms with E-state index in [2.05, 4.69) is 5.32 Å². The second-order valence-corrected chi connectivity index (χ2v) is 5.99. The number of Topliss-reactive ketones (excluding diaryl/α,β-unsaturated/α-hetero) is 1. The first-order valence-electron chi connectivity index (χ1n) is 8.17. The van der Waals surface area contributed by atoms with E-state index in [0.717, 1.165) is 5.56 Å². The van der Waals surface area contributed by atoms with Crippen molar-refractivity contribution in [3.8, 4) is 11.5 Å². The number of quaternary nitrogens is 1. The molecule has 1 amide bonds. The third kappa shape index (κ3) is 3.97. The zero-order valence-corrected chi connectivity index (χ0v) is 14.2. The maximum atomic E-state index is 12.3. The Morgan fingerprint density at radius 1 is 1.16 bits per heavy atom. The van der Waals surface area contributed by atoms with Crippen LogP contribution >= 0.6 is 0 Å². The number of rotatable bonds is 6. The number of hydrogen-bond donors (Lipinski definition) is 2. The van der Waals surface area contributed by atoms with Crippen LogP contribution in [-0.4, -0.2) is 25.0 Å². The lowest BCUT2D eigenvalue weighted by Gasteiger charge is -2.13. The summed E-state index contributed by atoms with van der Waals surface area (Å²) in [4.78, 5) is 24.1. The first-order valence-corrected chi connectivity index (χ1v) is 8.17. The third-order valence-electron chi connectivity index (χ3n) is 4.15. The summed E-state index contributed by atoms with van der Waals surface area (Å²) in [5, 5.41) is 4.75. The van der Waals surface area contributed by atoms with Crippen LogP contribution in [0.5, 0.6) is 11.5 Å². The molecule has 130 valence electrons. The minimum atomic E-state index is -0.177. The van der Waals surface area contributed by atoms with Crippen LogP contribution in [0, 0.1) is 0 Å². The minimum absolute atomic E-state index is 0.118. The highest BCUT2D eigenvalue weighted by molar-refractivity contribution is 6.04. The molecule has 2 aromatic rings. The molecule has 0 spiro atoms.